The molecule has 0 aromatic carbocycles. The van der Waals surface area contributed by atoms with Crippen LogP contribution in [0.15, 0.2) is 12.2 Å². The number of rotatable bonds is 4. The molecule has 1 aliphatic heterocycles. The van der Waals surface area contributed by atoms with E-state index < -0.39 is 10.2 Å². The molecule has 0 saturated carbocycles. The highest BCUT2D eigenvalue weighted by atomic mass is 32.2. The lowest BCUT2D eigenvalue weighted by Crippen LogP contribution is -2.44. The molecule has 0 aliphatic carbocycles. The van der Waals surface area contributed by atoms with E-state index in [1.54, 1.807) is 17.9 Å². The van der Waals surface area contributed by atoms with E-state index >= 15 is 0 Å². The van der Waals surface area contributed by atoms with E-state index in [1.165, 1.54) is 6.08 Å². The first-order valence-corrected chi connectivity index (χ1v) is 7.16. The molecule has 1 amide bonds. The number of likely N-dealkylation sites (tertiary alicyclic amines) is 1. The van der Waals surface area contributed by atoms with E-state index in [1.807, 2.05) is 0 Å². The van der Waals surface area contributed by atoms with Crippen LogP contribution >= 0.6 is 0 Å². The quantitative estimate of drug-likeness (QED) is 0.674. The minimum absolute atomic E-state index is 0.0206. The van der Waals surface area contributed by atoms with Crippen LogP contribution in [0.3, 0.4) is 0 Å². The number of nitrogens with one attached hydrogen (secondary N) is 1. The van der Waals surface area contributed by atoms with Gasteiger partial charge in [0.15, 0.2) is 0 Å². The Morgan fingerprint density at radius 3 is 2.88 bits per heavy atom. The number of allylic oxidation sites excluding steroid dienone is 1. The van der Waals surface area contributed by atoms with E-state index in [9.17, 15) is 13.2 Å². The van der Waals surface area contributed by atoms with Crippen LogP contribution in [-0.2, 0) is 15.0 Å². The standard InChI is InChI=1S/C10H19N3O3S/c1-2-4-10(14)13-6-3-5-9(8-13)7-12-17(11,15)16/h2,4,9,12H,3,5-8H2,1H3,(H2,11,15,16). The molecule has 0 bridgehead atoms. The zero-order chi connectivity index (χ0) is 12.9. The summed E-state index contributed by atoms with van der Waals surface area (Å²) in [7, 11) is -3.64. The Morgan fingerprint density at radius 2 is 2.29 bits per heavy atom. The number of nitrogens with two attached hydrogens (primary N) is 1. The maximum absolute atomic E-state index is 11.6. The Balaban J connectivity index is 2.46. The Morgan fingerprint density at radius 1 is 1.59 bits per heavy atom. The lowest BCUT2D eigenvalue weighted by Gasteiger charge is -2.32. The predicted octanol–water partition coefficient (Wildman–Crippen LogP) is -0.406. The smallest absolute Gasteiger partial charge is 0.274 e. The molecule has 1 heterocycles. The molecule has 1 rings (SSSR count). The molecule has 1 atom stereocenters. The van der Waals surface area contributed by atoms with Crippen LogP contribution in [0.4, 0.5) is 0 Å². The first kappa shape index (κ1) is 14.1. The molecule has 1 fully saturated rings. The van der Waals surface area contributed by atoms with Crippen molar-refractivity contribution >= 4 is 16.1 Å². The maximum atomic E-state index is 11.6. The molecule has 98 valence electrons. The van der Waals surface area contributed by atoms with E-state index in [-0.39, 0.29) is 11.8 Å². The van der Waals surface area contributed by atoms with Crippen molar-refractivity contribution in [1.29, 1.82) is 0 Å². The number of nitrogens with zero attached hydrogens (tertiary/aromatic N) is 1. The first-order chi connectivity index (χ1) is 7.92. The van der Waals surface area contributed by atoms with Crippen LogP contribution in [0, 0.1) is 5.92 Å². The van der Waals surface area contributed by atoms with Crippen molar-refractivity contribution in [1.82, 2.24) is 9.62 Å². The molecular weight excluding hydrogens is 242 g/mol. The zero-order valence-electron chi connectivity index (χ0n) is 9.93. The molecule has 17 heavy (non-hydrogen) atoms. The van der Waals surface area contributed by atoms with Crippen LogP contribution in [0.2, 0.25) is 0 Å². The molecule has 7 heteroatoms. The van der Waals surface area contributed by atoms with Crippen molar-refractivity contribution in [3.63, 3.8) is 0 Å². The minimum Gasteiger partial charge on any atom is -0.339 e. The van der Waals surface area contributed by atoms with Gasteiger partial charge in [-0.2, -0.15) is 8.42 Å². The molecule has 0 aromatic rings. The minimum atomic E-state index is -3.64. The van der Waals surface area contributed by atoms with E-state index in [0.717, 1.165) is 19.4 Å². The first-order valence-electron chi connectivity index (χ1n) is 5.61. The monoisotopic (exact) mass is 261 g/mol. The fraction of sp³-hybridized carbons (Fsp3) is 0.700. The SMILES string of the molecule is CC=CC(=O)N1CCCC(CNS(N)(=O)=O)C1. The van der Waals surface area contributed by atoms with E-state index in [4.69, 9.17) is 5.14 Å². The summed E-state index contributed by atoms with van der Waals surface area (Å²) < 4.78 is 23.8. The lowest BCUT2D eigenvalue weighted by molar-refractivity contribution is -0.127. The second-order valence-corrected chi connectivity index (χ2v) is 5.56. The fourth-order valence-corrected chi connectivity index (χ4v) is 2.38. The average molecular weight is 261 g/mol. The van der Waals surface area contributed by atoms with E-state index in [2.05, 4.69) is 4.72 Å². The summed E-state index contributed by atoms with van der Waals surface area (Å²) in [6.45, 7) is 3.39. The van der Waals surface area contributed by atoms with Gasteiger partial charge in [-0.1, -0.05) is 6.08 Å². The highest BCUT2D eigenvalue weighted by Gasteiger charge is 2.22. The Hall–Kier alpha value is -0.920. The van der Waals surface area contributed by atoms with Crippen molar-refractivity contribution in [3.05, 3.63) is 12.2 Å². The topological polar surface area (TPSA) is 92.5 Å². The number of carbonyl (C=O) groups excluding carboxylic acids is 1. The van der Waals surface area contributed by atoms with Gasteiger partial charge in [0.05, 0.1) is 0 Å². The van der Waals surface area contributed by atoms with Crippen molar-refractivity contribution in [3.8, 4) is 0 Å². The number of hydrogen-bond acceptors (Lipinski definition) is 3. The van der Waals surface area contributed by atoms with Gasteiger partial charge in [-0.05, 0) is 31.8 Å². The third-order valence-corrected chi connectivity index (χ3v) is 3.28. The molecule has 6 nitrogen and oxygen atoms in total. The van der Waals surface area contributed by atoms with Crippen molar-refractivity contribution in [2.45, 2.75) is 19.8 Å². The number of carbonyl (C=O) groups is 1. The fourth-order valence-electron chi connectivity index (χ4n) is 1.91. The molecular formula is C10H19N3O3S. The average Bonchev–Trinajstić information content (AvgIpc) is 2.26. The maximum Gasteiger partial charge on any atom is 0.274 e. The molecule has 1 unspecified atom stereocenters. The van der Waals surface area contributed by atoms with Gasteiger partial charge in [0.2, 0.25) is 5.91 Å². The Bertz CT molecular complexity index is 392. The summed E-state index contributed by atoms with van der Waals surface area (Å²) in [5.74, 6) is 0.115. The summed E-state index contributed by atoms with van der Waals surface area (Å²) in [6, 6.07) is 0. The Labute approximate surface area is 102 Å². The van der Waals surface area contributed by atoms with Gasteiger partial charge >= 0.3 is 0 Å². The van der Waals surface area contributed by atoms with Gasteiger partial charge < -0.3 is 4.90 Å². The summed E-state index contributed by atoms with van der Waals surface area (Å²) in [6.07, 6.45) is 5.02. The molecule has 3 N–H and O–H groups in total. The Kier molecular flexibility index (Phi) is 5.10. The molecule has 0 radical (unpaired) electrons. The van der Waals surface area contributed by atoms with Crippen LogP contribution < -0.4 is 9.86 Å². The van der Waals surface area contributed by atoms with Gasteiger partial charge in [0.25, 0.3) is 10.2 Å². The van der Waals surface area contributed by atoms with Crippen molar-refractivity contribution in [2.75, 3.05) is 19.6 Å². The number of hydrogen-bond donors (Lipinski definition) is 2. The molecule has 0 spiro atoms. The van der Waals surface area contributed by atoms with Gasteiger partial charge in [0, 0.05) is 19.6 Å². The second kappa shape index (κ2) is 6.13. The van der Waals surface area contributed by atoms with E-state index in [0.29, 0.717) is 13.1 Å². The highest BCUT2D eigenvalue weighted by molar-refractivity contribution is 7.87. The molecule has 1 saturated heterocycles. The number of piperidine rings is 1. The molecule has 1 aliphatic rings. The summed E-state index contributed by atoms with van der Waals surface area (Å²) in [4.78, 5) is 13.4. The summed E-state index contributed by atoms with van der Waals surface area (Å²) in [5.41, 5.74) is 0. The van der Waals surface area contributed by atoms with Crippen LogP contribution in [0.25, 0.3) is 0 Å². The number of amides is 1. The second-order valence-electron chi connectivity index (χ2n) is 4.19. The normalized spacial score (nSPS) is 22.0. The highest BCUT2D eigenvalue weighted by Crippen LogP contribution is 2.16. The zero-order valence-corrected chi connectivity index (χ0v) is 10.7. The van der Waals surface area contributed by atoms with Crippen molar-refractivity contribution < 1.29 is 13.2 Å². The van der Waals surface area contributed by atoms with Gasteiger partial charge in [-0.15, -0.1) is 0 Å². The van der Waals surface area contributed by atoms with Crippen LogP contribution in [0.5, 0.6) is 0 Å². The van der Waals surface area contributed by atoms with Crippen LogP contribution in [-0.4, -0.2) is 38.9 Å². The van der Waals surface area contributed by atoms with Gasteiger partial charge in [0.1, 0.15) is 0 Å². The molecule has 0 aromatic heterocycles. The van der Waals surface area contributed by atoms with Gasteiger partial charge in [-0.3, -0.25) is 4.79 Å². The predicted molar refractivity (Wildman–Crippen MR) is 65.2 cm³/mol. The third-order valence-electron chi connectivity index (χ3n) is 2.71. The van der Waals surface area contributed by atoms with Crippen LogP contribution in [0.1, 0.15) is 19.8 Å². The summed E-state index contributed by atoms with van der Waals surface area (Å²) >= 11 is 0. The summed E-state index contributed by atoms with van der Waals surface area (Å²) in [5, 5.41) is 4.86. The van der Waals surface area contributed by atoms with Gasteiger partial charge in [-0.25, -0.2) is 9.86 Å². The third kappa shape index (κ3) is 5.29. The lowest BCUT2D eigenvalue weighted by atomic mass is 9.98. The van der Waals surface area contributed by atoms with Crippen molar-refractivity contribution in [2.24, 2.45) is 11.1 Å². The largest absolute Gasteiger partial charge is 0.339 e.